The lowest BCUT2D eigenvalue weighted by molar-refractivity contribution is -0.153. The van der Waals surface area contributed by atoms with Gasteiger partial charge < -0.3 is 20.7 Å². The van der Waals surface area contributed by atoms with Crippen molar-refractivity contribution in [2.75, 3.05) is 12.3 Å². The fourth-order valence-corrected chi connectivity index (χ4v) is 1.97. The van der Waals surface area contributed by atoms with Crippen molar-refractivity contribution in [1.29, 1.82) is 0 Å². The molecule has 0 spiro atoms. The molecule has 0 aliphatic carbocycles. The van der Waals surface area contributed by atoms with Crippen molar-refractivity contribution in [3.05, 3.63) is 12.7 Å². The Balaban J connectivity index is 2.37. The Morgan fingerprint density at radius 2 is 2.19 bits per heavy atom. The minimum Gasteiger partial charge on any atom is -0.392 e. The van der Waals surface area contributed by atoms with Gasteiger partial charge in [0.25, 0.3) is 0 Å². The number of fused-ring (bicyclic) bond motifs is 1. The van der Waals surface area contributed by atoms with E-state index in [1.54, 1.807) is 11.5 Å². The molecule has 8 nitrogen and oxygen atoms in total. The SMILES string of the molecule is C#C[C@](CO)(O[C@H](C)n1cnc2c(N)ncnc21)[C@H](C)O. The molecule has 3 atom stereocenters. The molecule has 112 valence electrons. The average Bonchev–Trinajstić information content (AvgIpc) is 2.90. The quantitative estimate of drug-likeness (QED) is 0.646. The maximum absolute atomic E-state index is 9.77. The zero-order chi connectivity index (χ0) is 15.6. The van der Waals surface area contributed by atoms with E-state index in [1.807, 2.05) is 0 Å². The number of nitrogen functional groups attached to an aromatic ring is 1. The molecular formula is C13H17N5O3. The highest BCUT2D eigenvalue weighted by Gasteiger charge is 2.36. The van der Waals surface area contributed by atoms with Crippen molar-refractivity contribution in [1.82, 2.24) is 19.5 Å². The Morgan fingerprint density at radius 3 is 2.76 bits per heavy atom. The second kappa shape index (κ2) is 5.65. The van der Waals surface area contributed by atoms with Gasteiger partial charge in [-0.15, -0.1) is 6.42 Å². The van der Waals surface area contributed by atoms with Gasteiger partial charge in [-0.05, 0) is 13.8 Å². The molecule has 0 unspecified atom stereocenters. The van der Waals surface area contributed by atoms with Gasteiger partial charge in [-0.2, -0.15) is 0 Å². The van der Waals surface area contributed by atoms with Gasteiger partial charge in [-0.1, -0.05) is 5.92 Å². The Kier molecular flexibility index (Phi) is 4.09. The molecule has 0 fully saturated rings. The normalized spacial score (nSPS) is 17.1. The highest BCUT2D eigenvalue weighted by atomic mass is 16.5. The molecule has 2 aromatic rings. The second-order valence-electron chi connectivity index (χ2n) is 4.67. The molecule has 0 amide bonds. The summed E-state index contributed by atoms with van der Waals surface area (Å²) in [6.07, 6.45) is 6.52. The van der Waals surface area contributed by atoms with Crippen LogP contribution in [-0.4, -0.2) is 48.0 Å². The monoisotopic (exact) mass is 291 g/mol. The molecule has 4 N–H and O–H groups in total. The fraction of sp³-hybridized carbons (Fsp3) is 0.462. The molecule has 0 bridgehead atoms. The summed E-state index contributed by atoms with van der Waals surface area (Å²) in [6.45, 7) is 2.63. The molecule has 2 heterocycles. The van der Waals surface area contributed by atoms with E-state index < -0.39 is 24.5 Å². The molecule has 0 aliphatic rings. The first kappa shape index (κ1) is 15.2. The Bertz CT molecular complexity index is 678. The highest BCUT2D eigenvalue weighted by Crippen LogP contribution is 2.25. The van der Waals surface area contributed by atoms with Gasteiger partial charge in [0.15, 0.2) is 17.1 Å². The van der Waals surface area contributed by atoms with E-state index in [1.165, 1.54) is 19.6 Å². The molecule has 0 saturated carbocycles. The maximum atomic E-state index is 9.77. The number of hydrogen-bond donors (Lipinski definition) is 3. The molecule has 2 rings (SSSR count). The summed E-state index contributed by atoms with van der Waals surface area (Å²) in [4.78, 5) is 12.1. The highest BCUT2D eigenvalue weighted by molar-refractivity contribution is 5.81. The third-order valence-corrected chi connectivity index (χ3v) is 3.31. The van der Waals surface area contributed by atoms with Gasteiger partial charge in [-0.3, -0.25) is 4.57 Å². The summed E-state index contributed by atoms with van der Waals surface area (Å²) in [6, 6.07) is 0. The van der Waals surface area contributed by atoms with Crippen molar-refractivity contribution in [2.45, 2.75) is 31.8 Å². The fourth-order valence-electron chi connectivity index (χ4n) is 1.97. The number of rotatable bonds is 5. The van der Waals surface area contributed by atoms with E-state index in [0.717, 1.165) is 0 Å². The van der Waals surface area contributed by atoms with E-state index in [2.05, 4.69) is 20.9 Å². The number of nitrogens with zero attached hydrogens (tertiary/aromatic N) is 4. The van der Waals surface area contributed by atoms with E-state index >= 15 is 0 Å². The van der Waals surface area contributed by atoms with Gasteiger partial charge in [0.05, 0.1) is 19.0 Å². The first-order valence-electron chi connectivity index (χ1n) is 6.32. The smallest absolute Gasteiger partial charge is 0.179 e. The zero-order valence-electron chi connectivity index (χ0n) is 11.8. The number of aliphatic hydroxyl groups is 2. The standard InChI is InChI=1S/C13H17N5O3/c1-4-13(5-19,8(2)20)21-9(3)18-7-17-10-11(14)15-6-16-12(10)18/h1,6-9,19-20H,5H2,2-3H3,(H2,14,15,16)/t8-,9+,13+/m0/s1. The van der Waals surface area contributed by atoms with Crippen molar-refractivity contribution >= 4 is 17.0 Å². The zero-order valence-corrected chi connectivity index (χ0v) is 11.8. The predicted molar refractivity (Wildman–Crippen MR) is 75.9 cm³/mol. The van der Waals surface area contributed by atoms with Gasteiger partial charge >= 0.3 is 0 Å². The van der Waals surface area contributed by atoms with E-state index in [4.69, 9.17) is 16.9 Å². The Morgan fingerprint density at radius 1 is 1.48 bits per heavy atom. The summed E-state index contributed by atoms with van der Waals surface area (Å²) in [7, 11) is 0. The van der Waals surface area contributed by atoms with Crippen LogP contribution in [0.25, 0.3) is 11.2 Å². The van der Waals surface area contributed by atoms with E-state index in [-0.39, 0.29) is 5.82 Å². The van der Waals surface area contributed by atoms with Gasteiger partial charge in [0.2, 0.25) is 0 Å². The molecule has 0 aliphatic heterocycles. The lowest BCUT2D eigenvalue weighted by Crippen LogP contribution is -2.46. The van der Waals surface area contributed by atoms with E-state index in [0.29, 0.717) is 11.2 Å². The van der Waals surface area contributed by atoms with Crippen LogP contribution in [0.2, 0.25) is 0 Å². The van der Waals surface area contributed by atoms with Crippen molar-refractivity contribution < 1.29 is 14.9 Å². The third kappa shape index (κ3) is 2.54. The van der Waals surface area contributed by atoms with Crippen LogP contribution in [0.5, 0.6) is 0 Å². The number of anilines is 1. The van der Waals surface area contributed by atoms with Crippen LogP contribution in [-0.2, 0) is 4.74 Å². The molecule has 0 saturated heterocycles. The maximum Gasteiger partial charge on any atom is 0.179 e. The number of terminal acetylenes is 1. The third-order valence-electron chi connectivity index (χ3n) is 3.31. The number of imidazole rings is 1. The molecule has 2 aromatic heterocycles. The Hall–Kier alpha value is -2.21. The van der Waals surface area contributed by atoms with Crippen molar-refractivity contribution in [2.24, 2.45) is 0 Å². The van der Waals surface area contributed by atoms with E-state index in [9.17, 15) is 10.2 Å². The number of aliphatic hydroxyl groups excluding tert-OH is 2. The first-order valence-corrected chi connectivity index (χ1v) is 6.32. The number of hydrogen-bond acceptors (Lipinski definition) is 7. The van der Waals surface area contributed by atoms with Crippen LogP contribution < -0.4 is 5.73 Å². The van der Waals surface area contributed by atoms with Gasteiger partial charge in [-0.25, -0.2) is 15.0 Å². The first-order chi connectivity index (χ1) is 9.95. The molecule has 0 aromatic carbocycles. The number of ether oxygens (including phenoxy) is 1. The minimum absolute atomic E-state index is 0.256. The number of aromatic nitrogens is 4. The average molecular weight is 291 g/mol. The molecular weight excluding hydrogens is 274 g/mol. The van der Waals surface area contributed by atoms with Crippen LogP contribution in [0.4, 0.5) is 5.82 Å². The molecule has 21 heavy (non-hydrogen) atoms. The van der Waals surface area contributed by atoms with Crippen LogP contribution >= 0.6 is 0 Å². The lowest BCUT2D eigenvalue weighted by atomic mass is 10.00. The molecule has 0 radical (unpaired) electrons. The van der Waals surface area contributed by atoms with Gasteiger partial charge in [0, 0.05) is 0 Å². The number of nitrogens with two attached hydrogens (primary N) is 1. The largest absolute Gasteiger partial charge is 0.392 e. The van der Waals surface area contributed by atoms with Crippen LogP contribution in [0.1, 0.15) is 20.1 Å². The van der Waals surface area contributed by atoms with Crippen LogP contribution in [0.15, 0.2) is 12.7 Å². The summed E-state index contributed by atoms with van der Waals surface area (Å²) in [5.41, 5.74) is 5.13. The lowest BCUT2D eigenvalue weighted by Gasteiger charge is -2.32. The van der Waals surface area contributed by atoms with Crippen LogP contribution in [0, 0.1) is 12.3 Å². The van der Waals surface area contributed by atoms with Crippen molar-refractivity contribution in [3.63, 3.8) is 0 Å². The Labute approximate surface area is 121 Å². The summed E-state index contributed by atoms with van der Waals surface area (Å²) < 4.78 is 7.27. The minimum atomic E-state index is -1.51. The summed E-state index contributed by atoms with van der Waals surface area (Å²) in [5.74, 6) is 2.56. The predicted octanol–water partition coefficient (Wildman–Crippen LogP) is -0.311. The second-order valence-corrected chi connectivity index (χ2v) is 4.67. The molecule has 8 heteroatoms. The van der Waals surface area contributed by atoms with Crippen LogP contribution in [0.3, 0.4) is 0 Å². The summed E-state index contributed by atoms with van der Waals surface area (Å²) in [5, 5.41) is 19.2. The summed E-state index contributed by atoms with van der Waals surface area (Å²) >= 11 is 0. The van der Waals surface area contributed by atoms with Gasteiger partial charge in [0.1, 0.15) is 18.1 Å². The van der Waals surface area contributed by atoms with Crippen molar-refractivity contribution in [3.8, 4) is 12.3 Å². The topological polar surface area (TPSA) is 119 Å².